The van der Waals surface area contributed by atoms with Crippen LogP contribution in [-0.2, 0) is 16.4 Å². The van der Waals surface area contributed by atoms with Gasteiger partial charge in [0.25, 0.3) is 15.9 Å². The Morgan fingerprint density at radius 1 is 1.03 bits per heavy atom. The average Bonchev–Trinajstić information content (AvgIpc) is 2.75. The minimum Gasteiger partial charge on any atom is -0.308 e. The van der Waals surface area contributed by atoms with Crippen molar-refractivity contribution in [3.05, 3.63) is 88.4 Å². The molecule has 0 atom stereocenters. The highest BCUT2D eigenvalue weighted by Crippen LogP contribution is 2.32. The molecule has 1 aliphatic heterocycles. The highest BCUT2D eigenvalue weighted by atomic mass is 35.5. The zero-order valence-corrected chi connectivity index (χ0v) is 18.0. The first-order chi connectivity index (χ1) is 14.3. The summed E-state index contributed by atoms with van der Waals surface area (Å²) in [7, 11) is -3.81. The van der Waals surface area contributed by atoms with Gasteiger partial charge in [-0.2, -0.15) is 0 Å². The van der Waals surface area contributed by atoms with Crippen LogP contribution in [0.5, 0.6) is 0 Å². The smallest absolute Gasteiger partial charge is 0.261 e. The van der Waals surface area contributed by atoms with E-state index in [0.29, 0.717) is 22.8 Å². The van der Waals surface area contributed by atoms with Gasteiger partial charge >= 0.3 is 0 Å². The molecule has 0 fully saturated rings. The molecule has 0 bridgehead atoms. The third-order valence-electron chi connectivity index (χ3n) is 5.18. The van der Waals surface area contributed by atoms with Crippen LogP contribution in [0.2, 0.25) is 5.02 Å². The molecule has 1 N–H and O–H groups in total. The Morgan fingerprint density at radius 3 is 2.53 bits per heavy atom. The summed E-state index contributed by atoms with van der Waals surface area (Å²) in [6, 6.07) is 19.0. The van der Waals surface area contributed by atoms with Gasteiger partial charge in [0.15, 0.2) is 0 Å². The summed E-state index contributed by atoms with van der Waals surface area (Å²) in [5.41, 5.74) is 3.56. The molecule has 0 unspecified atom stereocenters. The van der Waals surface area contributed by atoms with Crippen molar-refractivity contribution < 1.29 is 13.2 Å². The van der Waals surface area contributed by atoms with E-state index in [4.69, 9.17) is 11.6 Å². The van der Waals surface area contributed by atoms with Gasteiger partial charge in [-0.15, -0.1) is 0 Å². The third kappa shape index (κ3) is 4.06. The topological polar surface area (TPSA) is 66.5 Å². The lowest BCUT2D eigenvalue weighted by Gasteiger charge is -2.30. The van der Waals surface area contributed by atoms with E-state index in [1.165, 1.54) is 12.1 Å². The van der Waals surface area contributed by atoms with Crippen LogP contribution in [-0.4, -0.2) is 20.9 Å². The number of halogens is 1. The number of benzene rings is 3. The number of hydrogen-bond donors (Lipinski definition) is 1. The number of hydrogen-bond acceptors (Lipinski definition) is 3. The van der Waals surface area contributed by atoms with Crippen LogP contribution in [0.15, 0.2) is 71.6 Å². The molecule has 0 saturated heterocycles. The van der Waals surface area contributed by atoms with Crippen molar-refractivity contribution >= 4 is 38.9 Å². The van der Waals surface area contributed by atoms with Gasteiger partial charge in [0.1, 0.15) is 0 Å². The SMILES string of the molecule is Cc1ccc(S(=O)(=O)Nc2ccc3c(c2)N(C(=O)c2ccccc2)CCC3)cc1Cl. The Hall–Kier alpha value is -2.83. The average molecular weight is 441 g/mol. The van der Waals surface area contributed by atoms with Gasteiger partial charge in [0.2, 0.25) is 0 Å². The second kappa shape index (κ2) is 8.13. The molecule has 154 valence electrons. The van der Waals surface area contributed by atoms with Gasteiger partial charge in [-0.05, 0) is 67.3 Å². The van der Waals surface area contributed by atoms with E-state index in [1.54, 1.807) is 35.2 Å². The van der Waals surface area contributed by atoms with E-state index in [0.717, 1.165) is 29.7 Å². The van der Waals surface area contributed by atoms with Crippen molar-refractivity contribution in [2.45, 2.75) is 24.7 Å². The number of aryl methyl sites for hydroxylation is 2. The van der Waals surface area contributed by atoms with Crippen LogP contribution in [0.4, 0.5) is 11.4 Å². The first-order valence-corrected chi connectivity index (χ1v) is 11.5. The van der Waals surface area contributed by atoms with Crippen LogP contribution < -0.4 is 9.62 Å². The van der Waals surface area contributed by atoms with Crippen molar-refractivity contribution in [2.24, 2.45) is 0 Å². The first-order valence-electron chi connectivity index (χ1n) is 9.64. The maximum Gasteiger partial charge on any atom is 0.261 e. The Morgan fingerprint density at radius 2 is 1.80 bits per heavy atom. The Labute approximate surface area is 181 Å². The fraction of sp³-hybridized carbons (Fsp3) is 0.174. The lowest BCUT2D eigenvalue weighted by Crippen LogP contribution is -2.35. The van der Waals surface area contributed by atoms with Gasteiger partial charge in [-0.25, -0.2) is 8.42 Å². The van der Waals surface area contributed by atoms with Crippen molar-refractivity contribution in [3.63, 3.8) is 0 Å². The summed E-state index contributed by atoms with van der Waals surface area (Å²) in [5.74, 6) is -0.0955. The number of carbonyl (C=O) groups is 1. The van der Waals surface area contributed by atoms with Crippen molar-refractivity contribution in [1.82, 2.24) is 0 Å². The van der Waals surface area contributed by atoms with E-state index in [-0.39, 0.29) is 10.8 Å². The Balaban J connectivity index is 1.65. The Kier molecular flexibility index (Phi) is 5.54. The summed E-state index contributed by atoms with van der Waals surface area (Å²) < 4.78 is 28.2. The second-order valence-electron chi connectivity index (χ2n) is 7.29. The minimum absolute atomic E-state index is 0.0908. The molecular formula is C23H21ClN2O3S. The number of nitrogens with zero attached hydrogens (tertiary/aromatic N) is 1. The molecule has 30 heavy (non-hydrogen) atoms. The van der Waals surface area contributed by atoms with E-state index in [2.05, 4.69) is 4.72 Å². The molecule has 0 spiro atoms. The van der Waals surface area contributed by atoms with Crippen molar-refractivity contribution in [3.8, 4) is 0 Å². The molecule has 4 rings (SSSR count). The fourth-order valence-corrected chi connectivity index (χ4v) is 4.86. The lowest BCUT2D eigenvalue weighted by atomic mass is 10.00. The zero-order chi connectivity index (χ0) is 21.3. The van der Waals surface area contributed by atoms with Crippen molar-refractivity contribution in [2.75, 3.05) is 16.2 Å². The highest BCUT2D eigenvalue weighted by molar-refractivity contribution is 7.92. The largest absolute Gasteiger partial charge is 0.308 e. The van der Waals surface area contributed by atoms with Crippen molar-refractivity contribution in [1.29, 1.82) is 0 Å². The van der Waals surface area contributed by atoms with Crippen LogP contribution in [0.1, 0.15) is 27.9 Å². The molecular weight excluding hydrogens is 420 g/mol. The molecule has 1 amide bonds. The normalized spacial score (nSPS) is 13.6. The standard InChI is InChI=1S/C23H21ClN2O3S/c1-16-9-12-20(15-21(16)24)30(28,29)25-19-11-10-17-8-5-13-26(22(17)14-19)23(27)18-6-3-2-4-7-18/h2-4,6-7,9-12,14-15,25H,5,8,13H2,1H3. The quantitative estimate of drug-likeness (QED) is 0.617. The summed E-state index contributed by atoms with van der Waals surface area (Å²) in [5, 5.41) is 0.392. The summed E-state index contributed by atoms with van der Waals surface area (Å²) in [6.07, 6.45) is 1.70. The number of anilines is 2. The first kappa shape index (κ1) is 20.4. The lowest BCUT2D eigenvalue weighted by molar-refractivity contribution is 0.0985. The van der Waals surface area contributed by atoms with E-state index in [1.807, 2.05) is 31.2 Å². The van der Waals surface area contributed by atoms with E-state index < -0.39 is 10.0 Å². The van der Waals surface area contributed by atoms with Crippen LogP contribution in [0.3, 0.4) is 0 Å². The van der Waals surface area contributed by atoms with E-state index >= 15 is 0 Å². The number of rotatable bonds is 4. The van der Waals surface area contributed by atoms with E-state index in [9.17, 15) is 13.2 Å². The van der Waals surface area contributed by atoms with Gasteiger partial charge < -0.3 is 4.90 Å². The predicted molar refractivity (Wildman–Crippen MR) is 120 cm³/mol. The minimum atomic E-state index is -3.81. The number of amides is 1. The maximum atomic E-state index is 13.0. The zero-order valence-electron chi connectivity index (χ0n) is 16.4. The molecule has 0 radical (unpaired) electrons. The molecule has 1 aliphatic rings. The maximum absolute atomic E-state index is 13.0. The molecule has 3 aromatic rings. The highest BCUT2D eigenvalue weighted by Gasteiger charge is 2.25. The van der Waals surface area contributed by atoms with Crippen LogP contribution in [0.25, 0.3) is 0 Å². The summed E-state index contributed by atoms with van der Waals surface area (Å²) in [6.45, 7) is 2.40. The molecule has 3 aromatic carbocycles. The molecule has 0 saturated carbocycles. The van der Waals surface area contributed by atoms with Crippen LogP contribution in [0, 0.1) is 6.92 Å². The summed E-state index contributed by atoms with van der Waals surface area (Å²) in [4.78, 5) is 14.8. The van der Waals surface area contributed by atoms with Gasteiger partial charge in [-0.3, -0.25) is 9.52 Å². The number of sulfonamides is 1. The molecule has 7 heteroatoms. The van der Waals surface area contributed by atoms with Gasteiger partial charge in [0.05, 0.1) is 10.6 Å². The molecule has 1 heterocycles. The third-order valence-corrected chi connectivity index (χ3v) is 6.96. The number of fused-ring (bicyclic) bond motifs is 1. The molecule has 0 aromatic heterocycles. The summed E-state index contributed by atoms with van der Waals surface area (Å²) >= 11 is 6.09. The predicted octanol–water partition coefficient (Wildman–Crippen LogP) is 5.04. The Bertz CT molecular complexity index is 1210. The molecule has 0 aliphatic carbocycles. The second-order valence-corrected chi connectivity index (χ2v) is 9.38. The molecule has 5 nitrogen and oxygen atoms in total. The monoisotopic (exact) mass is 440 g/mol. The van der Waals surface area contributed by atoms with Crippen LogP contribution >= 0.6 is 11.6 Å². The van der Waals surface area contributed by atoms with Gasteiger partial charge in [-0.1, -0.05) is 41.9 Å². The fourth-order valence-electron chi connectivity index (χ4n) is 3.54. The number of nitrogens with one attached hydrogen (secondary N) is 1. The van der Waals surface area contributed by atoms with Gasteiger partial charge in [0, 0.05) is 22.8 Å². The number of carbonyl (C=O) groups excluding carboxylic acids is 1.